The number of halogens is 3. The number of hydrogen-bond acceptors (Lipinski definition) is 3. The summed E-state index contributed by atoms with van der Waals surface area (Å²) < 4.78 is 38.5. The molecule has 0 saturated heterocycles. The Hall–Kier alpha value is -2.33. The lowest BCUT2D eigenvalue weighted by Gasteiger charge is -2.14. The summed E-state index contributed by atoms with van der Waals surface area (Å²) in [6, 6.07) is 6.39. The summed E-state index contributed by atoms with van der Waals surface area (Å²) >= 11 is 4.88. The summed E-state index contributed by atoms with van der Waals surface area (Å²) in [5, 5.41) is 20.9. The fourth-order valence-electron chi connectivity index (χ4n) is 1.51. The molecule has 0 amide bonds. The number of aliphatic hydroxyl groups excluding tert-OH is 1. The molecule has 0 bridgehead atoms. The normalized spacial score (nSPS) is 12.1. The highest BCUT2D eigenvalue weighted by molar-refractivity contribution is 7.81. The molecule has 0 saturated carbocycles. The fourth-order valence-corrected chi connectivity index (χ4v) is 1.78. The third kappa shape index (κ3) is 4.33. The Labute approximate surface area is 125 Å². The second kappa shape index (κ2) is 6.90. The van der Waals surface area contributed by atoms with E-state index < -0.39 is 11.7 Å². The molecule has 2 N–H and O–H groups in total. The van der Waals surface area contributed by atoms with Gasteiger partial charge in [0, 0.05) is 6.42 Å². The van der Waals surface area contributed by atoms with E-state index in [-0.39, 0.29) is 28.4 Å². The Bertz CT molecular complexity index is 630. The van der Waals surface area contributed by atoms with E-state index in [0.29, 0.717) is 0 Å². The maximum Gasteiger partial charge on any atom is 0.418 e. The molecular weight excluding hydrogens is 301 g/mol. The number of nitriles is 1. The second-order valence-electron chi connectivity index (χ2n) is 3.92. The van der Waals surface area contributed by atoms with Gasteiger partial charge in [-0.3, -0.25) is 0 Å². The number of benzene rings is 1. The summed E-state index contributed by atoms with van der Waals surface area (Å²) in [5.74, 6) is -0.352. The van der Waals surface area contributed by atoms with Crippen LogP contribution in [0.3, 0.4) is 0 Å². The highest BCUT2D eigenvalue weighted by Gasteiger charge is 2.33. The summed E-state index contributed by atoms with van der Waals surface area (Å²) in [4.78, 5) is -0.284. The van der Waals surface area contributed by atoms with Crippen LogP contribution in [-0.2, 0) is 6.18 Å². The van der Waals surface area contributed by atoms with Gasteiger partial charge in [-0.15, -0.1) is 6.58 Å². The molecule has 1 rings (SSSR count). The van der Waals surface area contributed by atoms with Gasteiger partial charge in [-0.25, -0.2) is 0 Å². The first-order valence-electron chi connectivity index (χ1n) is 5.72. The molecule has 0 atom stereocenters. The largest absolute Gasteiger partial charge is 0.510 e. The minimum absolute atomic E-state index is 0.00830. The molecule has 110 valence electrons. The van der Waals surface area contributed by atoms with E-state index >= 15 is 0 Å². The monoisotopic (exact) mass is 312 g/mol. The summed E-state index contributed by atoms with van der Waals surface area (Å²) in [5.41, 5.74) is -1.48. The molecule has 0 aliphatic heterocycles. The highest BCUT2D eigenvalue weighted by Crippen LogP contribution is 2.34. The van der Waals surface area contributed by atoms with Crippen LogP contribution in [0.2, 0.25) is 0 Å². The number of nitrogens with one attached hydrogen (secondary N) is 1. The topological polar surface area (TPSA) is 56.0 Å². The number of allylic oxidation sites excluding steroid dienone is 1. The van der Waals surface area contributed by atoms with Crippen molar-refractivity contribution >= 4 is 22.9 Å². The van der Waals surface area contributed by atoms with Crippen LogP contribution in [0.4, 0.5) is 18.9 Å². The zero-order valence-electron chi connectivity index (χ0n) is 10.7. The predicted octanol–water partition coefficient (Wildman–Crippen LogP) is 4.36. The minimum Gasteiger partial charge on any atom is -0.510 e. The molecular formula is C14H11F3N2OS. The number of anilines is 1. The van der Waals surface area contributed by atoms with Crippen LogP contribution in [0.25, 0.3) is 0 Å². The molecule has 21 heavy (non-hydrogen) atoms. The van der Waals surface area contributed by atoms with Crippen molar-refractivity contribution in [3.8, 4) is 6.07 Å². The first-order chi connectivity index (χ1) is 9.81. The van der Waals surface area contributed by atoms with Crippen LogP contribution in [-0.4, -0.2) is 10.1 Å². The predicted molar refractivity (Wildman–Crippen MR) is 77.7 cm³/mol. The molecule has 0 unspecified atom stereocenters. The highest BCUT2D eigenvalue weighted by atomic mass is 32.1. The van der Waals surface area contributed by atoms with E-state index in [9.17, 15) is 18.3 Å². The van der Waals surface area contributed by atoms with Gasteiger partial charge >= 0.3 is 6.18 Å². The number of para-hydroxylation sites is 1. The van der Waals surface area contributed by atoms with Crippen molar-refractivity contribution < 1.29 is 18.3 Å². The molecule has 0 aliphatic rings. The van der Waals surface area contributed by atoms with Crippen molar-refractivity contribution in [1.82, 2.24) is 0 Å². The van der Waals surface area contributed by atoms with Crippen molar-refractivity contribution in [1.29, 1.82) is 5.26 Å². The summed E-state index contributed by atoms with van der Waals surface area (Å²) in [6.07, 6.45) is -3.22. The number of alkyl halides is 3. The molecule has 0 radical (unpaired) electrons. The van der Waals surface area contributed by atoms with Gasteiger partial charge in [0.25, 0.3) is 0 Å². The Kier molecular flexibility index (Phi) is 5.50. The van der Waals surface area contributed by atoms with Gasteiger partial charge in [0.05, 0.1) is 11.3 Å². The first-order valence-corrected chi connectivity index (χ1v) is 6.12. The third-order valence-electron chi connectivity index (χ3n) is 2.45. The van der Waals surface area contributed by atoms with Crippen molar-refractivity contribution in [3.05, 3.63) is 53.8 Å². The fraction of sp³-hybridized carbons (Fsp3) is 0.143. The first kappa shape index (κ1) is 16.7. The lowest BCUT2D eigenvalue weighted by atomic mass is 10.1. The quantitative estimate of drug-likeness (QED) is 0.285. The molecule has 0 heterocycles. The number of aliphatic hydroxyl groups is 1. The van der Waals surface area contributed by atoms with Crippen molar-refractivity contribution in [3.63, 3.8) is 0 Å². The zero-order chi connectivity index (χ0) is 16.0. The van der Waals surface area contributed by atoms with Crippen LogP contribution >= 0.6 is 12.2 Å². The van der Waals surface area contributed by atoms with Crippen LogP contribution in [0, 0.1) is 11.3 Å². The van der Waals surface area contributed by atoms with Crippen LogP contribution < -0.4 is 5.32 Å². The average molecular weight is 312 g/mol. The van der Waals surface area contributed by atoms with Gasteiger partial charge in [0.2, 0.25) is 0 Å². The molecule has 0 aromatic heterocycles. The summed E-state index contributed by atoms with van der Waals surface area (Å²) in [6.45, 7) is 3.39. The third-order valence-corrected chi connectivity index (χ3v) is 2.75. The van der Waals surface area contributed by atoms with Gasteiger partial charge in [-0.2, -0.15) is 18.4 Å². The Morgan fingerprint density at radius 3 is 2.57 bits per heavy atom. The molecule has 0 aliphatic carbocycles. The van der Waals surface area contributed by atoms with E-state index in [2.05, 4.69) is 11.9 Å². The molecule has 1 aromatic carbocycles. The van der Waals surface area contributed by atoms with E-state index in [4.69, 9.17) is 17.5 Å². The Morgan fingerprint density at radius 1 is 1.43 bits per heavy atom. The number of thiocarbonyl (C=S) groups is 1. The van der Waals surface area contributed by atoms with E-state index in [1.807, 2.05) is 0 Å². The van der Waals surface area contributed by atoms with Gasteiger partial charge in [-0.1, -0.05) is 30.4 Å². The lowest BCUT2D eigenvalue weighted by Crippen LogP contribution is -2.17. The zero-order valence-corrected chi connectivity index (χ0v) is 11.6. The van der Waals surface area contributed by atoms with Crippen LogP contribution in [0.5, 0.6) is 0 Å². The van der Waals surface area contributed by atoms with E-state index in [0.717, 1.165) is 6.07 Å². The van der Waals surface area contributed by atoms with E-state index in [1.54, 1.807) is 6.07 Å². The second-order valence-corrected chi connectivity index (χ2v) is 4.33. The van der Waals surface area contributed by atoms with Gasteiger partial charge in [0.15, 0.2) is 0 Å². The van der Waals surface area contributed by atoms with E-state index in [1.165, 1.54) is 24.3 Å². The maximum absolute atomic E-state index is 12.8. The molecule has 7 heteroatoms. The van der Waals surface area contributed by atoms with Crippen molar-refractivity contribution in [2.75, 3.05) is 5.32 Å². The van der Waals surface area contributed by atoms with Crippen molar-refractivity contribution in [2.24, 2.45) is 0 Å². The average Bonchev–Trinajstić information content (AvgIpc) is 2.39. The smallest absolute Gasteiger partial charge is 0.418 e. The molecule has 1 aromatic rings. The lowest BCUT2D eigenvalue weighted by molar-refractivity contribution is -0.136. The van der Waals surface area contributed by atoms with Gasteiger partial charge in [-0.05, 0) is 12.1 Å². The Morgan fingerprint density at radius 2 is 2.05 bits per heavy atom. The van der Waals surface area contributed by atoms with Crippen LogP contribution in [0.15, 0.2) is 48.3 Å². The minimum atomic E-state index is -4.56. The number of nitrogens with zero attached hydrogens (tertiary/aromatic N) is 1. The van der Waals surface area contributed by atoms with Gasteiger partial charge < -0.3 is 10.4 Å². The van der Waals surface area contributed by atoms with Crippen molar-refractivity contribution in [2.45, 2.75) is 12.6 Å². The molecule has 0 spiro atoms. The van der Waals surface area contributed by atoms with Gasteiger partial charge in [0.1, 0.15) is 22.4 Å². The summed E-state index contributed by atoms with van der Waals surface area (Å²) in [7, 11) is 0. The number of hydrogen-bond donors (Lipinski definition) is 2. The maximum atomic E-state index is 12.8. The molecule has 3 nitrogen and oxygen atoms in total. The van der Waals surface area contributed by atoms with Crippen LogP contribution in [0.1, 0.15) is 12.0 Å². The Balaban J connectivity index is 3.13. The standard InChI is InChI=1S/C14H11F3N2OS/c1-2-5-12(20)9(8-18)13(21)19-11-7-4-3-6-10(11)14(15,16)17/h2-4,6-7,20H,1,5H2,(H,19,21)/b12-9-. The molecule has 0 fully saturated rings. The number of rotatable bonds is 4. The SMILES string of the molecule is C=CC/C(O)=C(\C#N)C(=S)Nc1ccccc1C(F)(F)F.